The highest BCUT2D eigenvalue weighted by molar-refractivity contribution is 7.91. The minimum atomic E-state index is -3.24. The molecule has 0 radical (unpaired) electrons. The molecule has 0 aromatic rings. The zero-order valence-corrected chi connectivity index (χ0v) is 9.31. The number of sulfone groups is 1. The minimum Gasteiger partial charge on any atom is -0.377 e. The van der Waals surface area contributed by atoms with E-state index in [-0.39, 0.29) is 0 Å². The maximum absolute atomic E-state index is 10.8. The van der Waals surface area contributed by atoms with Crippen LogP contribution in [0.15, 0.2) is 0 Å². The number of rotatable bonds is 7. The van der Waals surface area contributed by atoms with Gasteiger partial charge in [-0.25, -0.2) is 8.42 Å². The van der Waals surface area contributed by atoms with Crippen LogP contribution in [0.2, 0.25) is 0 Å². The van der Waals surface area contributed by atoms with Gasteiger partial charge in [0, 0.05) is 6.26 Å². The van der Waals surface area contributed by atoms with E-state index in [0.717, 1.165) is 25.5 Å². The lowest BCUT2D eigenvalue weighted by Crippen LogP contribution is -2.18. The van der Waals surface area contributed by atoms with Crippen LogP contribution in [-0.4, -0.2) is 25.2 Å². The second-order valence-electron chi connectivity index (χ2n) is 3.49. The van der Waals surface area contributed by atoms with Gasteiger partial charge in [0.1, 0.15) is 0 Å². The molecule has 0 aliphatic carbocycles. The SMILES string of the molecule is CCCCCCCC(O)S(C)(=O)=O. The first-order valence-corrected chi connectivity index (χ1v) is 6.81. The molecular weight excluding hydrogens is 188 g/mol. The predicted molar refractivity (Wildman–Crippen MR) is 54.2 cm³/mol. The van der Waals surface area contributed by atoms with Crippen LogP contribution in [0.1, 0.15) is 45.4 Å². The zero-order chi connectivity index (χ0) is 10.3. The molecule has 3 nitrogen and oxygen atoms in total. The van der Waals surface area contributed by atoms with Gasteiger partial charge in [-0.05, 0) is 12.8 Å². The Morgan fingerprint density at radius 1 is 1.15 bits per heavy atom. The van der Waals surface area contributed by atoms with E-state index >= 15 is 0 Å². The van der Waals surface area contributed by atoms with Crippen LogP contribution in [-0.2, 0) is 9.84 Å². The topological polar surface area (TPSA) is 54.4 Å². The summed E-state index contributed by atoms with van der Waals surface area (Å²) in [7, 11) is -3.24. The summed E-state index contributed by atoms with van der Waals surface area (Å²) in [6.45, 7) is 2.13. The van der Waals surface area contributed by atoms with Crippen molar-refractivity contribution in [3.63, 3.8) is 0 Å². The Morgan fingerprint density at radius 3 is 2.15 bits per heavy atom. The van der Waals surface area contributed by atoms with Crippen LogP contribution < -0.4 is 0 Å². The van der Waals surface area contributed by atoms with Crippen molar-refractivity contribution >= 4 is 9.84 Å². The van der Waals surface area contributed by atoms with E-state index in [0.29, 0.717) is 6.42 Å². The highest BCUT2D eigenvalue weighted by Crippen LogP contribution is 2.09. The van der Waals surface area contributed by atoms with Gasteiger partial charge in [-0.2, -0.15) is 0 Å². The standard InChI is InChI=1S/C9H20O3S/c1-3-4-5-6-7-8-9(10)13(2,11)12/h9-10H,3-8H2,1-2H3. The van der Waals surface area contributed by atoms with Crippen molar-refractivity contribution < 1.29 is 13.5 Å². The average Bonchev–Trinajstić information content (AvgIpc) is 2.02. The molecule has 1 atom stereocenters. The Kier molecular flexibility index (Phi) is 6.33. The van der Waals surface area contributed by atoms with Crippen LogP contribution in [0.5, 0.6) is 0 Å². The largest absolute Gasteiger partial charge is 0.377 e. The van der Waals surface area contributed by atoms with Gasteiger partial charge in [0.2, 0.25) is 0 Å². The van der Waals surface area contributed by atoms with Crippen molar-refractivity contribution in [2.24, 2.45) is 0 Å². The van der Waals surface area contributed by atoms with Gasteiger partial charge in [-0.15, -0.1) is 0 Å². The Labute approximate surface area is 81.1 Å². The summed E-state index contributed by atoms with van der Waals surface area (Å²) in [5.41, 5.74) is -1.16. The summed E-state index contributed by atoms with van der Waals surface area (Å²) >= 11 is 0. The fraction of sp³-hybridized carbons (Fsp3) is 1.00. The first-order chi connectivity index (χ1) is 5.98. The van der Waals surface area contributed by atoms with Gasteiger partial charge in [-0.1, -0.05) is 32.6 Å². The van der Waals surface area contributed by atoms with Crippen LogP contribution >= 0.6 is 0 Å². The quantitative estimate of drug-likeness (QED) is 0.648. The molecule has 0 heterocycles. The minimum absolute atomic E-state index is 0.378. The molecule has 0 rings (SSSR count). The molecule has 0 aromatic heterocycles. The second-order valence-corrected chi connectivity index (χ2v) is 5.69. The summed E-state index contributed by atoms with van der Waals surface area (Å²) in [5, 5.41) is 9.15. The van der Waals surface area contributed by atoms with Crippen molar-refractivity contribution in [1.29, 1.82) is 0 Å². The number of hydrogen-bond acceptors (Lipinski definition) is 3. The van der Waals surface area contributed by atoms with Gasteiger partial charge in [-0.3, -0.25) is 0 Å². The molecule has 1 N–H and O–H groups in total. The van der Waals surface area contributed by atoms with Crippen molar-refractivity contribution in [1.82, 2.24) is 0 Å². The van der Waals surface area contributed by atoms with Crippen molar-refractivity contribution in [2.75, 3.05) is 6.26 Å². The number of hydrogen-bond donors (Lipinski definition) is 1. The molecule has 80 valence electrons. The number of aliphatic hydroxyl groups is 1. The lowest BCUT2D eigenvalue weighted by Gasteiger charge is -2.07. The Balaban J connectivity index is 3.44. The van der Waals surface area contributed by atoms with Crippen LogP contribution in [0.3, 0.4) is 0 Å². The van der Waals surface area contributed by atoms with Crippen LogP contribution in [0.25, 0.3) is 0 Å². The summed E-state index contributed by atoms with van der Waals surface area (Å²) in [4.78, 5) is 0. The van der Waals surface area contributed by atoms with Crippen LogP contribution in [0, 0.1) is 0 Å². The molecule has 0 saturated carbocycles. The highest BCUT2D eigenvalue weighted by atomic mass is 32.2. The predicted octanol–water partition coefficient (Wildman–Crippen LogP) is 1.71. The maximum atomic E-state index is 10.8. The maximum Gasteiger partial charge on any atom is 0.173 e. The Bertz CT molecular complexity index is 209. The van der Waals surface area contributed by atoms with E-state index < -0.39 is 15.3 Å². The van der Waals surface area contributed by atoms with E-state index in [1.54, 1.807) is 0 Å². The molecule has 4 heteroatoms. The Morgan fingerprint density at radius 2 is 1.69 bits per heavy atom. The number of aliphatic hydroxyl groups excluding tert-OH is 1. The van der Waals surface area contributed by atoms with E-state index in [2.05, 4.69) is 6.92 Å². The zero-order valence-electron chi connectivity index (χ0n) is 8.49. The fourth-order valence-electron chi connectivity index (χ4n) is 1.14. The Hall–Kier alpha value is -0.0900. The molecule has 0 bridgehead atoms. The molecule has 0 saturated heterocycles. The molecule has 1 unspecified atom stereocenters. The van der Waals surface area contributed by atoms with Gasteiger partial charge >= 0.3 is 0 Å². The third-order valence-electron chi connectivity index (χ3n) is 2.05. The van der Waals surface area contributed by atoms with Gasteiger partial charge in [0.15, 0.2) is 15.3 Å². The van der Waals surface area contributed by atoms with Crippen LogP contribution in [0.4, 0.5) is 0 Å². The molecule has 13 heavy (non-hydrogen) atoms. The second kappa shape index (κ2) is 6.38. The average molecular weight is 208 g/mol. The highest BCUT2D eigenvalue weighted by Gasteiger charge is 2.15. The third kappa shape index (κ3) is 7.02. The summed E-state index contributed by atoms with van der Waals surface area (Å²) in [6, 6.07) is 0. The van der Waals surface area contributed by atoms with Crippen molar-refractivity contribution in [2.45, 2.75) is 50.9 Å². The number of unbranched alkanes of at least 4 members (excludes halogenated alkanes) is 4. The van der Waals surface area contributed by atoms with Gasteiger partial charge < -0.3 is 5.11 Å². The first kappa shape index (κ1) is 12.9. The van der Waals surface area contributed by atoms with Crippen molar-refractivity contribution in [3.05, 3.63) is 0 Å². The van der Waals surface area contributed by atoms with Gasteiger partial charge in [0.25, 0.3) is 0 Å². The van der Waals surface area contributed by atoms with Gasteiger partial charge in [0.05, 0.1) is 0 Å². The molecule has 0 spiro atoms. The third-order valence-corrected chi connectivity index (χ3v) is 3.27. The molecular formula is C9H20O3S. The first-order valence-electron chi connectivity index (χ1n) is 4.85. The summed E-state index contributed by atoms with van der Waals surface area (Å²) in [5.74, 6) is 0. The van der Waals surface area contributed by atoms with E-state index in [9.17, 15) is 8.42 Å². The normalized spacial score (nSPS) is 14.4. The smallest absolute Gasteiger partial charge is 0.173 e. The molecule has 0 amide bonds. The van der Waals surface area contributed by atoms with E-state index in [1.807, 2.05) is 0 Å². The monoisotopic (exact) mass is 208 g/mol. The lowest BCUT2D eigenvalue weighted by molar-refractivity contribution is 0.234. The fourth-order valence-corrected chi connectivity index (χ4v) is 1.73. The molecule has 0 aromatic carbocycles. The van der Waals surface area contributed by atoms with E-state index in [4.69, 9.17) is 5.11 Å². The summed E-state index contributed by atoms with van der Waals surface area (Å²) in [6.07, 6.45) is 6.76. The molecule has 0 fully saturated rings. The summed E-state index contributed by atoms with van der Waals surface area (Å²) < 4.78 is 21.6. The van der Waals surface area contributed by atoms with Crippen molar-refractivity contribution in [3.8, 4) is 0 Å². The molecule has 0 aliphatic rings. The van der Waals surface area contributed by atoms with E-state index in [1.165, 1.54) is 12.8 Å². The molecule has 0 aliphatic heterocycles. The lowest BCUT2D eigenvalue weighted by atomic mass is 10.1.